The minimum atomic E-state index is 0.215. The van der Waals surface area contributed by atoms with Crippen molar-refractivity contribution in [1.82, 2.24) is 4.98 Å². The molecule has 0 aliphatic rings. The van der Waals surface area contributed by atoms with Crippen LogP contribution >= 0.6 is 11.3 Å². The van der Waals surface area contributed by atoms with Gasteiger partial charge in [-0.15, -0.1) is 11.3 Å². The first kappa shape index (κ1) is 8.51. The first-order valence-electron chi connectivity index (χ1n) is 4.26. The summed E-state index contributed by atoms with van der Waals surface area (Å²) in [5.41, 5.74) is 1.02. The molecule has 0 saturated carbocycles. The normalized spacial score (nSPS) is 11.0. The van der Waals surface area contributed by atoms with Crippen molar-refractivity contribution >= 4 is 21.6 Å². The highest BCUT2D eigenvalue weighted by molar-refractivity contribution is 7.17. The van der Waals surface area contributed by atoms with E-state index in [2.05, 4.69) is 4.98 Å². The minimum Gasteiger partial charge on any atom is -0.489 e. The second-order valence-corrected chi connectivity index (χ2v) is 4.03. The lowest BCUT2D eigenvalue weighted by Gasteiger charge is -2.09. The summed E-state index contributed by atoms with van der Waals surface area (Å²) in [6, 6.07) is 3.92. The van der Waals surface area contributed by atoms with Crippen LogP contribution in [-0.2, 0) is 0 Å². The Morgan fingerprint density at radius 1 is 1.38 bits per heavy atom. The first-order chi connectivity index (χ1) is 6.27. The third-order valence-electron chi connectivity index (χ3n) is 1.67. The zero-order valence-corrected chi connectivity index (χ0v) is 8.47. The molecular weight excluding hydrogens is 182 g/mol. The molecule has 3 heteroatoms. The van der Waals surface area contributed by atoms with Crippen LogP contribution < -0.4 is 4.74 Å². The molecule has 0 unspecified atom stereocenters. The maximum absolute atomic E-state index is 5.66. The Morgan fingerprint density at radius 2 is 2.23 bits per heavy atom. The Hall–Kier alpha value is -1.09. The molecule has 0 aromatic carbocycles. The summed E-state index contributed by atoms with van der Waals surface area (Å²) in [6.45, 7) is 4.06. The highest BCUT2D eigenvalue weighted by Crippen LogP contribution is 2.29. The molecule has 2 aromatic rings. The van der Waals surface area contributed by atoms with Crippen molar-refractivity contribution in [3.05, 3.63) is 23.7 Å². The van der Waals surface area contributed by atoms with Crippen LogP contribution in [0, 0.1) is 0 Å². The Labute approximate surface area is 81.2 Å². The highest BCUT2D eigenvalue weighted by atomic mass is 32.1. The number of pyridine rings is 1. The van der Waals surface area contributed by atoms with Crippen molar-refractivity contribution in [3.63, 3.8) is 0 Å². The molecule has 2 aromatic heterocycles. The van der Waals surface area contributed by atoms with Gasteiger partial charge in [-0.2, -0.15) is 0 Å². The van der Waals surface area contributed by atoms with Crippen LogP contribution in [0.2, 0.25) is 0 Å². The van der Waals surface area contributed by atoms with E-state index >= 15 is 0 Å². The molecule has 0 bridgehead atoms. The van der Waals surface area contributed by atoms with Crippen LogP contribution in [0.3, 0.4) is 0 Å². The van der Waals surface area contributed by atoms with Gasteiger partial charge >= 0.3 is 0 Å². The van der Waals surface area contributed by atoms with Gasteiger partial charge in [0.15, 0.2) is 0 Å². The first-order valence-corrected chi connectivity index (χ1v) is 5.14. The predicted octanol–water partition coefficient (Wildman–Crippen LogP) is 3.08. The van der Waals surface area contributed by atoms with Crippen molar-refractivity contribution in [2.45, 2.75) is 20.0 Å². The fraction of sp³-hybridized carbons (Fsp3) is 0.300. The molecule has 2 rings (SSSR count). The molecule has 0 amide bonds. The molecule has 2 nitrogen and oxygen atoms in total. The summed E-state index contributed by atoms with van der Waals surface area (Å²) in [4.78, 5) is 4.24. The summed E-state index contributed by atoms with van der Waals surface area (Å²) in [5, 5.41) is 2.03. The molecule has 0 atom stereocenters. The van der Waals surface area contributed by atoms with E-state index in [4.69, 9.17) is 4.74 Å². The lowest BCUT2D eigenvalue weighted by Crippen LogP contribution is -2.05. The van der Waals surface area contributed by atoms with E-state index in [0.29, 0.717) is 0 Å². The highest BCUT2D eigenvalue weighted by Gasteiger charge is 2.04. The number of rotatable bonds is 2. The van der Waals surface area contributed by atoms with Crippen molar-refractivity contribution in [3.8, 4) is 5.75 Å². The zero-order valence-electron chi connectivity index (χ0n) is 7.65. The summed E-state index contributed by atoms with van der Waals surface area (Å²) >= 11 is 1.67. The van der Waals surface area contributed by atoms with Gasteiger partial charge in [-0.1, -0.05) is 0 Å². The molecular formula is C10H11NOS. The molecule has 0 N–H and O–H groups in total. The average molecular weight is 193 g/mol. The third-order valence-corrected chi connectivity index (χ3v) is 2.59. The summed E-state index contributed by atoms with van der Waals surface area (Å²) in [7, 11) is 0. The van der Waals surface area contributed by atoms with Gasteiger partial charge in [0, 0.05) is 6.20 Å². The van der Waals surface area contributed by atoms with Crippen molar-refractivity contribution in [1.29, 1.82) is 0 Å². The lowest BCUT2D eigenvalue weighted by atomic mass is 10.3. The summed E-state index contributed by atoms with van der Waals surface area (Å²) < 4.78 is 6.79. The molecule has 0 fully saturated rings. The van der Waals surface area contributed by atoms with Gasteiger partial charge < -0.3 is 4.74 Å². The summed E-state index contributed by atoms with van der Waals surface area (Å²) in [6.07, 6.45) is 2.00. The fourth-order valence-electron chi connectivity index (χ4n) is 1.20. The number of ether oxygens (including phenoxy) is 1. The molecule has 68 valence electrons. The Morgan fingerprint density at radius 3 is 3.00 bits per heavy atom. The van der Waals surface area contributed by atoms with Gasteiger partial charge in [-0.05, 0) is 31.4 Å². The number of aromatic nitrogens is 1. The van der Waals surface area contributed by atoms with Crippen LogP contribution in [0.15, 0.2) is 23.7 Å². The van der Waals surface area contributed by atoms with Crippen LogP contribution in [0.5, 0.6) is 5.75 Å². The molecule has 0 aliphatic carbocycles. The standard InChI is InChI=1S/C10H11NOS/c1-7(2)12-9-3-5-11-8-4-6-13-10(8)9/h3-7H,1-2H3. The second kappa shape index (κ2) is 3.34. The van der Waals surface area contributed by atoms with Crippen LogP contribution in [0.4, 0.5) is 0 Å². The number of fused-ring (bicyclic) bond motifs is 1. The summed E-state index contributed by atoms with van der Waals surface area (Å²) in [5.74, 6) is 0.940. The number of hydrogen-bond donors (Lipinski definition) is 0. The van der Waals surface area contributed by atoms with Gasteiger partial charge in [-0.3, -0.25) is 4.98 Å². The van der Waals surface area contributed by atoms with Gasteiger partial charge in [0.2, 0.25) is 0 Å². The minimum absolute atomic E-state index is 0.215. The second-order valence-electron chi connectivity index (χ2n) is 3.11. The fourth-order valence-corrected chi connectivity index (χ4v) is 2.00. The van der Waals surface area contributed by atoms with Gasteiger partial charge in [-0.25, -0.2) is 0 Å². The number of hydrogen-bond acceptors (Lipinski definition) is 3. The maximum atomic E-state index is 5.66. The van der Waals surface area contributed by atoms with E-state index in [1.807, 2.05) is 31.4 Å². The van der Waals surface area contributed by atoms with Crippen molar-refractivity contribution in [2.75, 3.05) is 0 Å². The number of thiophene rings is 1. The van der Waals surface area contributed by atoms with E-state index in [1.54, 1.807) is 17.5 Å². The quantitative estimate of drug-likeness (QED) is 0.731. The Bertz CT molecular complexity index is 408. The van der Waals surface area contributed by atoms with Crippen LogP contribution in [0.1, 0.15) is 13.8 Å². The Kier molecular flexibility index (Phi) is 2.19. The van der Waals surface area contributed by atoms with E-state index in [0.717, 1.165) is 16.0 Å². The molecule has 0 radical (unpaired) electrons. The van der Waals surface area contributed by atoms with E-state index in [9.17, 15) is 0 Å². The monoisotopic (exact) mass is 193 g/mol. The van der Waals surface area contributed by atoms with Gasteiger partial charge in [0.05, 0.1) is 16.3 Å². The third kappa shape index (κ3) is 1.65. The van der Waals surface area contributed by atoms with Gasteiger partial charge in [0.25, 0.3) is 0 Å². The smallest absolute Gasteiger partial charge is 0.140 e. The van der Waals surface area contributed by atoms with Crippen LogP contribution in [0.25, 0.3) is 10.2 Å². The molecule has 13 heavy (non-hydrogen) atoms. The molecule has 0 spiro atoms. The molecule has 0 aliphatic heterocycles. The van der Waals surface area contributed by atoms with Crippen molar-refractivity contribution in [2.24, 2.45) is 0 Å². The average Bonchev–Trinajstić information content (AvgIpc) is 2.51. The molecule has 0 saturated heterocycles. The Balaban J connectivity index is 2.48. The van der Waals surface area contributed by atoms with Crippen LogP contribution in [-0.4, -0.2) is 11.1 Å². The largest absolute Gasteiger partial charge is 0.489 e. The number of nitrogens with zero attached hydrogens (tertiary/aromatic N) is 1. The van der Waals surface area contributed by atoms with E-state index in [-0.39, 0.29) is 6.10 Å². The topological polar surface area (TPSA) is 22.1 Å². The molecule has 2 heterocycles. The van der Waals surface area contributed by atoms with E-state index < -0.39 is 0 Å². The SMILES string of the molecule is CC(C)Oc1ccnc2ccsc12. The zero-order chi connectivity index (χ0) is 9.26. The predicted molar refractivity (Wildman–Crippen MR) is 55.4 cm³/mol. The maximum Gasteiger partial charge on any atom is 0.140 e. The van der Waals surface area contributed by atoms with E-state index in [1.165, 1.54) is 0 Å². The van der Waals surface area contributed by atoms with Crippen molar-refractivity contribution < 1.29 is 4.74 Å². The lowest BCUT2D eigenvalue weighted by molar-refractivity contribution is 0.246. The van der Waals surface area contributed by atoms with Gasteiger partial charge in [0.1, 0.15) is 5.75 Å².